The van der Waals surface area contributed by atoms with Crippen LogP contribution in [0.15, 0.2) is 41.4 Å². The second-order valence-corrected chi connectivity index (χ2v) is 3.93. The third kappa shape index (κ3) is 3.95. The second-order valence-electron chi connectivity index (χ2n) is 3.33. The van der Waals surface area contributed by atoms with Gasteiger partial charge in [-0.25, -0.2) is 0 Å². The third-order valence-corrected chi connectivity index (χ3v) is 2.26. The average Bonchev–Trinajstić information content (AvgIpc) is 2.18. The molecule has 0 saturated heterocycles. The van der Waals surface area contributed by atoms with Gasteiger partial charge in [-0.3, -0.25) is 0 Å². The summed E-state index contributed by atoms with van der Waals surface area (Å²) in [5, 5.41) is 4.20. The van der Waals surface area contributed by atoms with Crippen LogP contribution in [0.3, 0.4) is 0 Å². The highest BCUT2D eigenvalue weighted by Gasteiger charge is 2.01. The molecule has 0 aliphatic heterocycles. The summed E-state index contributed by atoms with van der Waals surface area (Å²) in [5.74, 6) is 0. The molecular weight excluding hydrogens is 194 g/mol. The minimum Gasteiger partial charge on any atom is -0.307 e. The molecule has 1 atom stereocenters. The molecule has 0 aliphatic carbocycles. The van der Waals surface area contributed by atoms with Gasteiger partial charge in [0.15, 0.2) is 0 Å². The van der Waals surface area contributed by atoms with Gasteiger partial charge < -0.3 is 5.32 Å². The van der Waals surface area contributed by atoms with Crippen molar-refractivity contribution < 1.29 is 0 Å². The molecule has 1 aromatic rings. The molecule has 0 radical (unpaired) electrons. The molecule has 0 aliphatic rings. The summed E-state index contributed by atoms with van der Waals surface area (Å²) in [5.41, 5.74) is 1.30. The van der Waals surface area contributed by atoms with Crippen LogP contribution in [0.5, 0.6) is 0 Å². The van der Waals surface area contributed by atoms with E-state index in [4.69, 9.17) is 11.6 Å². The maximum atomic E-state index is 5.73. The molecule has 0 heterocycles. The zero-order valence-corrected chi connectivity index (χ0v) is 9.38. The Labute approximate surface area is 90.8 Å². The van der Waals surface area contributed by atoms with Crippen molar-refractivity contribution in [2.75, 3.05) is 6.54 Å². The maximum Gasteiger partial charge on any atom is 0.0294 e. The van der Waals surface area contributed by atoms with Gasteiger partial charge in [0.25, 0.3) is 0 Å². The number of rotatable bonds is 4. The van der Waals surface area contributed by atoms with Crippen LogP contribution in [0.25, 0.3) is 0 Å². The highest BCUT2D eigenvalue weighted by Crippen LogP contribution is 2.10. The van der Waals surface area contributed by atoms with E-state index in [2.05, 4.69) is 36.5 Å². The van der Waals surface area contributed by atoms with Crippen LogP contribution in [0.2, 0.25) is 0 Å². The number of allylic oxidation sites excluding steroid dienone is 1. The van der Waals surface area contributed by atoms with Crippen molar-refractivity contribution in [3.05, 3.63) is 47.0 Å². The van der Waals surface area contributed by atoms with Gasteiger partial charge in [-0.2, -0.15) is 0 Å². The lowest BCUT2D eigenvalue weighted by Gasteiger charge is -2.12. The zero-order chi connectivity index (χ0) is 10.4. The summed E-state index contributed by atoms with van der Waals surface area (Å²) in [6, 6.07) is 10.7. The van der Waals surface area contributed by atoms with Gasteiger partial charge in [0.05, 0.1) is 0 Å². The quantitative estimate of drug-likeness (QED) is 0.801. The van der Waals surface area contributed by atoms with Gasteiger partial charge >= 0.3 is 0 Å². The number of hydrogen-bond acceptors (Lipinski definition) is 1. The molecule has 0 spiro atoms. The summed E-state index contributed by atoms with van der Waals surface area (Å²) in [6.45, 7) is 4.84. The number of benzene rings is 1. The lowest BCUT2D eigenvalue weighted by Crippen LogP contribution is -2.18. The molecule has 1 nitrogen and oxygen atoms in total. The van der Waals surface area contributed by atoms with E-state index >= 15 is 0 Å². The fourth-order valence-corrected chi connectivity index (χ4v) is 1.31. The summed E-state index contributed by atoms with van der Waals surface area (Å²) in [4.78, 5) is 0. The van der Waals surface area contributed by atoms with Crippen LogP contribution in [0.1, 0.15) is 25.5 Å². The molecule has 1 aromatic carbocycles. The summed E-state index contributed by atoms with van der Waals surface area (Å²) >= 11 is 5.73. The van der Waals surface area contributed by atoms with Crippen molar-refractivity contribution in [1.82, 2.24) is 5.32 Å². The van der Waals surface area contributed by atoms with Crippen LogP contribution < -0.4 is 5.32 Å². The normalized spacial score (nSPS) is 14.1. The predicted molar refractivity (Wildman–Crippen MR) is 62.5 cm³/mol. The number of nitrogens with one attached hydrogen (secondary N) is 1. The van der Waals surface area contributed by atoms with Crippen LogP contribution in [-0.2, 0) is 0 Å². The standard InChI is InChI=1S/C12H16ClN/c1-10(13)8-9-14-11(2)12-6-4-3-5-7-12/h3-8,11,14H,9H2,1-2H3. The lowest BCUT2D eigenvalue weighted by atomic mass is 10.1. The summed E-state index contributed by atoms with van der Waals surface area (Å²) in [7, 11) is 0. The van der Waals surface area contributed by atoms with Crippen LogP contribution in [-0.4, -0.2) is 6.54 Å². The van der Waals surface area contributed by atoms with E-state index in [-0.39, 0.29) is 0 Å². The molecule has 1 unspecified atom stereocenters. The van der Waals surface area contributed by atoms with Gasteiger partial charge in [0.2, 0.25) is 0 Å². The fourth-order valence-electron chi connectivity index (χ4n) is 1.24. The first-order valence-corrected chi connectivity index (χ1v) is 5.18. The highest BCUT2D eigenvalue weighted by molar-refractivity contribution is 6.29. The number of halogens is 1. The first-order valence-electron chi connectivity index (χ1n) is 4.80. The first-order chi connectivity index (χ1) is 6.70. The van der Waals surface area contributed by atoms with E-state index in [0.29, 0.717) is 6.04 Å². The average molecular weight is 210 g/mol. The highest BCUT2D eigenvalue weighted by atomic mass is 35.5. The predicted octanol–water partition coefficient (Wildman–Crippen LogP) is 3.48. The molecule has 1 rings (SSSR count). The van der Waals surface area contributed by atoms with Gasteiger partial charge in [-0.05, 0) is 19.4 Å². The molecule has 0 bridgehead atoms. The Balaban J connectivity index is 2.43. The van der Waals surface area contributed by atoms with E-state index in [1.807, 2.05) is 19.1 Å². The molecule has 76 valence electrons. The van der Waals surface area contributed by atoms with E-state index in [1.54, 1.807) is 0 Å². The smallest absolute Gasteiger partial charge is 0.0294 e. The zero-order valence-electron chi connectivity index (χ0n) is 8.63. The Morgan fingerprint density at radius 2 is 2.07 bits per heavy atom. The van der Waals surface area contributed by atoms with Crippen molar-refractivity contribution in [1.29, 1.82) is 0 Å². The molecule has 0 aromatic heterocycles. The molecule has 0 fully saturated rings. The van der Waals surface area contributed by atoms with Crippen molar-refractivity contribution in [2.45, 2.75) is 19.9 Å². The second kappa shape index (κ2) is 5.84. The van der Waals surface area contributed by atoms with Gasteiger partial charge in [-0.15, -0.1) is 0 Å². The Kier molecular flexibility index (Phi) is 4.71. The maximum absolute atomic E-state index is 5.73. The van der Waals surface area contributed by atoms with Gasteiger partial charge in [0.1, 0.15) is 0 Å². The molecule has 0 saturated carbocycles. The first kappa shape index (κ1) is 11.3. The van der Waals surface area contributed by atoms with Crippen molar-refractivity contribution in [3.63, 3.8) is 0 Å². The Hall–Kier alpha value is -0.790. The van der Waals surface area contributed by atoms with E-state index < -0.39 is 0 Å². The fraction of sp³-hybridized carbons (Fsp3) is 0.333. The minimum atomic E-state index is 0.364. The van der Waals surface area contributed by atoms with Crippen molar-refractivity contribution >= 4 is 11.6 Å². The molecule has 2 heteroatoms. The van der Waals surface area contributed by atoms with Crippen molar-refractivity contribution in [3.8, 4) is 0 Å². The SMILES string of the molecule is CC(Cl)=CCNC(C)c1ccccc1. The summed E-state index contributed by atoms with van der Waals surface area (Å²) in [6.07, 6.45) is 1.97. The molecule has 1 N–H and O–H groups in total. The van der Waals surface area contributed by atoms with E-state index in [1.165, 1.54) is 5.56 Å². The van der Waals surface area contributed by atoms with Gasteiger partial charge in [0, 0.05) is 17.6 Å². The lowest BCUT2D eigenvalue weighted by molar-refractivity contribution is 0.617. The molecular formula is C12H16ClN. The number of hydrogen-bond donors (Lipinski definition) is 1. The van der Waals surface area contributed by atoms with Crippen molar-refractivity contribution in [2.24, 2.45) is 0 Å². The van der Waals surface area contributed by atoms with Gasteiger partial charge in [-0.1, -0.05) is 48.0 Å². The minimum absolute atomic E-state index is 0.364. The Morgan fingerprint density at radius 1 is 1.43 bits per heavy atom. The monoisotopic (exact) mass is 209 g/mol. The van der Waals surface area contributed by atoms with E-state index in [9.17, 15) is 0 Å². The van der Waals surface area contributed by atoms with Crippen LogP contribution >= 0.6 is 11.6 Å². The Bertz CT molecular complexity index is 288. The molecule has 14 heavy (non-hydrogen) atoms. The molecule has 0 amide bonds. The summed E-state index contributed by atoms with van der Waals surface area (Å²) < 4.78 is 0. The van der Waals surface area contributed by atoms with E-state index in [0.717, 1.165) is 11.6 Å². The third-order valence-electron chi connectivity index (χ3n) is 2.11. The topological polar surface area (TPSA) is 12.0 Å². The largest absolute Gasteiger partial charge is 0.307 e. The Morgan fingerprint density at radius 3 is 2.64 bits per heavy atom. The van der Waals surface area contributed by atoms with Crippen LogP contribution in [0.4, 0.5) is 0 Å². The van der Waals surface area contributed by atoms with Crippen LogP contribution in [0, 0.1) is 0 Å².